The van der Waals surface area contributed by atoms with Crippen LogP contribution in [0.3, 0.4) is 0 Å². The molecule has 1 saturated heterocycles. The number of ether oxygens (including phenoxy) is 2. The van der Waals surface area contributed by atoms with Crippen molar-refractivity contribution in [1.82, 2.24) is 10.6 Å². The number of nitrogens with one attached hydrogen (secondary N) is 2. The first-order valence-corrected chi connectivity index (χ1v) is 10.8. The van der Waals surface area contributed by atoms with Crippen molar-refractivity contribution >= 4 is 27.4 Å². The van der Waals surface area contributed by atoms with Crippen molar-refractivity contribution in [2.45, 2.75) is 25.4 Å². The Bertz CT molecular complexity index is 710. The second-order valence-electron chi connectivity index (χ2n) is 7.07. The zero-order chi connectivity index (χ0) is 19.6. The lowest BCUT2D eigenvalue weighted by Gasteiger charge is -2.21. The van der Waals surface area contributed by atoms with Gasteiger partial charge >= 0.3 is 0 Å². The summed E-state index contributed by atoms with van der Waals surface area (Å²) in [6.45, 7) is 4.51. The van der Waals surface area contributed by atoms with Gasteiger partial charge in [0.15, 0.2) is 5.96 Å². The fourth-order valence-corrected chi connectivity index (χ4v) is 4.28. The fourth-order valence-electron chi connectivity index (χ4n) is 3.23. The van der Waals surface area contributed by atoms with Crippen LogP contribution in [0, 0.1) is 5.92 Å². The van der Waals surface area contributed by atoms with Crippen molar-refractivity contribution in [2.24, 2.45) is 10.9 Å². The van der Waals surface area contributed by atoms with Crippen LogP contribution < -0.4 is 10.6 Å². The molecule has 0 aliphatic carbocycles. The predicted octanol–water partition coefficient (Wildman–Crippen LogP) is 2.93. The zero-order valence-electron chi connectivity index (χ0n) is 16.5. The van der Waals surface area contributed by atoms with E-state index in [0.717, 1.165) is 57.1 Å². The Balaban J connectivity index is 1.30. The number of guanidine groups is 1. The van der Waals surface area contributed by atoms with E-state index in [9.17, 15) is 5.11 Å². The molecule has 28 heavy (non-hydrogen) atoms. The summed E-state index contributed by atoms with van der Waals surface area (Å²) in [5.41, 5.74) is 0. The second-order valence-corrected chi connectivity index (χ2v) is 8.18. The van der Waals surface area contributed by atoms with Gasteiger partial charge in [0.2, 0.25) is 0 Å². The molecule has 7 heteroatoms. The largest absolute Gasteiger partial charge is 0.386 e. The normalized spacial score (nSPS) is 17.0. The third-order valence-electron chi connectivity index (χ3n) is 4.91. The molecule has 1 aromatic carbocycles. The molecule has 0 bridgehead atoms. The number of aliphatic imine (C=N–C) groups is 1. The molecule has 3 N–H and O–H groups in total. The number of thiophene rings is 1. The molecule has 0 saturated carbocycles. The van der Waals surface area contributed by atoms with E-state index in [0.29, 0.717) is 18.4 Å². The van der Waals surface area contributed by atoms with Gasteiger partial charge in [-0.3, -0.25) is 4.99 Å². The Kier molecular flexibility index (Phi) is 8.54. The monoisotopic (exact) mass is 405 g/mol. The maximum atomic E-state index is 10.5. The van der Waals surface area contributed by atoms with Crippen molar-refractivity contribution in [1.29, 1.82) is 0 Å². The molecule has 1 atom stereocenters. The average molecular weight is 406 g/mol. The summed E-state index contributed by atoms with van der Waals surface area (Å²) in [6.07, 6.45) is 2.58. The van der Waals surface area contributed by atoms with Crippen LogP contribution in [0.5, 0.6) is 0 Å². The first-order valence-electron chi connectivity index (χ1n) is 10.0. The van der Waals surface area contributed by atoms with E-state index in [1.807, 2.05) is 12.1 Å². The number of nitrogens with zero attached hydrogens (tertiary/aromatic N) is 1. The van der Waals surface area contributed by atoms with Crippen LogP contribution in [0.1, 0.15) is 30.2 Å². The van der Waals surface area contributed by atoms with E-state index in [1.54, 1.807) is 18.4 Å². The van der Waals surface area contributed by atoms with Crippen LogP contribution in [0.15, 0.2) is 35.3 Å². The highest BCUT2D eigenvalue weighted by molar-refractivity contribution is 7.19. The van der Waals surface area contributed by atoms with E-state index in [4.69, 9.17) is 9.47 Å². The number of aliphatic hydroxyl groups is 1. The second kappa shape index (κ2) is 11.4. The minimum absolute atomic E-state index is 0.423. The molecule has 0 amide bonds. The van der Waals surface area contributed by atoms with Crippen molar-refractivity contribution in [3.05, 3.63) is 35.2 Å². The maximum absolute atomic E-state index is 10.5. The number of fused-ring (bicyclic) bond motifs is 1. The Hall–Kier alpha value is -1.67. The first kappa shape index (κ1) is 21.0. The van der Waals surface area contributed by atoms with E-state index < -0.39 is 6.10 Å². The average Bonchev–Trinajstić information content (AvgIpc) is 3.17. The molecule has 1 aromatic heterocycles. The van der Waals surface area contributed by atoms with Crippen LogP contribution in [-0.2, 0) is 9.47 Å². The SMILES string of the molecule is CN=C(NCCCOCC1CCOCC1)NCC(O)c1cc2ccccc2s1. The lowest BCUT2D eigenvalue weighted by Crippen LogP contribution is -2.40. The Morgan fingerprint density at radius 3 is 2.93 bits per heavy atom. The molecule has 2 aromatic rings. The van der Waals surface area contributed by atoms with Gasteiger partial charge in [-0.25, -0.2) is 0 Å². The van der Waals surface area contributed by atoms with Crippen molar-refractivity contribution in [2.75, 3.05) is 46.6 Å². The summed E-state index contributed by atoms with van der Waals surface area (Å²) in [5, 5.41) is 18.1. The molecule has 0 spiro atoms. The number of rotatable bonds is 9. The van der Waals surface area contributed by atoms with Crippen LogP contribution in [0.25, 0.3) is 10.1 Å². The van der Waals surface area contributed by atoms with E-state index in [1.165, 1.54) is 10.1 Å². The number of benzene rings is 1. The molecule has 1 aliphatic heterocycles. The van der Waals surface area contributed by atoms with Gasteiger partial charge < -0.3 is 25.2 Å². The molecular formula is C21H31N3O3S. The number of hydrogen-bond acceptors (Lipinski definition) is 5. The third kappa shape index (κ3) is 6.44. The third-order valence-corrected chi connectivity index (χ3v) is 6.13. The van der Waals surface area contributed by atoms with Crippen molar-refractivity contribution in [3.8, 4) is 0 Å². The molecule has 2 heterocycles. The highest BCUT2D eigenvalue weighted by Gasteiger charge is 2.14. The minimum atomic E-state index is -0.557. The minimum Gasteiger partial charge on any atom is -0.386 e. The summed E-state index contributed by atoms with van der Waals surface area (Å²) >= 11 is 1.63. The van der Waals surface area contributed by atoms with Gasteiger partial charge in [-0.1, -0.05) is 18.2 Å². The summed E-state index contributed by atoms with van der Waals surface area (Å²) in [6, 6.07) is 10.2. The molecule has 6 nitrogen and oxygen atoms in total. The van der Waals surface area contributed by atoms with E-state index in [2.05, 4.69) is 33.8 Å². The fraction of sp³-hybridized carbons (Fsp3) is 0.571. The molecular weight excluding hydrogens is 374 g/mol. The first-order chi connectivity index (χ1) is 13.8. The van der Waals surface area contributed by atoms with Crippen LogP contribution in [-0.4, -0.2) is 57.6 Å². The molecule has 1 fully saturated rings. The molecule has 3 rings (SSSR count). The van der Waals surface area contributed by atoms with Gasteiger partial charge in [0.05, 0.1) is 0 Å². The van der Waals surface area contributed by atoms with Gasteiger partial charge in [0.1, 0.15) is 6.10 Å². The highest BCUT2D eigenvalue weighted by Crippen LogP contribution is 2.29. The summed E-state index contributed by atoms with van der Waals surface area (Å²) < 4.78 is 12.3. The van der Waals surface area contributed by atoms with E-state index in [-0.39, 0.29) is 0 Å². The Morgan fingerprint density at radius 1 is 1.32 bits per heavy atom. The van der Waals surface area contributed by atoms with Gasteiger partial charge in [-0.2, -0.15) is 0 Å². The quantitative estimate of drug-likeness (QED) is 0.340. The highest BCUT2D eigenvalue weighted by atomic mass is 32.1. The predicted molar refractivity (Wildman–Crippen MR) is 115 cm³/mol. The molecule has 154 valence electrons. The summed E-state index contributed by atoms with van der Waals surface area (Å²) in [4.78, 5) is 5.18. The maximum Gasteiger partial charge on any atom is 0.191 e. The molecule has 1 aliphatic rings. The number of aliphatic hydroxyl groups excluding tert-OH is 1. The standard InChI is InChI=1S/C21H31N3O3S/c1-22-21(23-9-4-10-27-15-16-7-11-26-12-8-16)24-14-18(25)20-13-17-5-2-3-6-19(17)28-20/h2-3,5-6,13,16,18,25H,4,7-12,14-15H2,1H3,(H2,22,23,24). The van der Waals surface area contributed by atoms with Crippen molar-refractivity contribution < 1.29 is 14.6 Å². The number of hydrogen-bond donors (Lipinski definition) is 3. The Labute approximate surface area is 171 Å². The lowest BCUT2D eigenvalue weighted by molar-refractivity contribution is 0.0203. The van der Waals surface area contributed by atoms with Crippen LogP contribution >= 0.6 is 11.3 Å². The summed E-state index contributed by atoms with van der Waals surface area (Å²) in [5.74, 6) is 1.34. The Morgan fingerprint density at radius 2 is 2.14 bits per heavy atom. The molecule has 0 radical (unpaired) electrons. The van der Waals surface area contributed by atoms with Crippen LogP contribution in [0.4, 0.5) is 0 Å². The molecule has 1 unspecified atom stereocenters. The van der Waals surface area contributed by atoms with Crippen LogP contribution in [0.2, 0.25) is 0 Å². The zero-order valence-corrected chi connectivity index (χ0v) is 17.3. The van der Waals surface area contributed by atoms with Gasteiger partial charge in [-0.15, -0.1) is 11.3 Å². The van der Waals surface area contributed by atoms with Crippen molar-refractivity contribution in [3.63, 3.8) is 0 Å². The van der Waals surface area contributed by atoms with Gasteiger partial charge in [0.25, 0.3) is 0 Å². The van der Waals surface area contributed by atoms with Gasteiger partial charge in [0, 0.05) is 56.1 Å². The summed E-state index contributed by atoms with van der Waals surface area (Å²) in [7, 11) is 1.74. The van der Waals surface area contributed by atoms with Gasteiger partial charge in [-0.05, 0) is 42.7 Å². The topological polar surface area (TPSA) is 75.1 Å². The smallest absolute Gasteiger partial charge is 0.191 e. The van der Waals surface area contributed by atoms with E-state index >= 15 is 0 Å². The lowest BCUT2D eigenvalue weighted by atomic mass is 10.0.